The van der Waals surface area contributed by atoms with Crippen LogP contribution in [0.4, 0.5) is 0 Å². The zero-order chi connectivity index (χ0) is 17.9. The number of amides is 1. The van der Waals surface area contributed by atoms with Crippen LogP contribution in [0.5, 0.6) is 0 Å². The standard InChI is InChI=1S/C20H20ClN3O2/c21-15-7-2-1-6-14(15)12-26-13-19(25)24-11-5-10-18(24)20-22-16-8-3-4-9-17(16)23-20/h1-4,6-9,18H,5,10-13H2,(H,22,23). The van der Waals surface area contributed by atoms with Crippen LogP contribution < -0.4 is 0 Å². The normalized spacial score (nSPS) is 17.1. The van der Waals surface area contributed by atoms with Crippen molar-refractivity contribution in [3.63, 3.8) is 0 Å². The first-order chi connectivity index (χ1) is 12.7. The Morgan fingerprint density at radius 2 is 2.04 bits per heavy atom. The number of H-pyrrole nitrogens is 1. The Balaban J connectivity index is 1.41. The van der Waals surface area contributed by atoms with E-state index in [4.69, 9.17) is 16.3 Å². The van der Waals surface area contributed by atoms with Gasteiger partial charge in [0.1, 0.15) is 12.4 Å². The van der Waals surface area contributed by atoms with Crippen molar-refractivity contribution in [2.45, 2.75) is 25.5 Å². The topological polar surface area (TPSA) is 58.2 Å². The number of nitrogens with one attached hydrogen (secondary N) is 1. The van der Waals surface area contributed by atoms with E-state index in [0.717, 1.165) is 41.8 Å². The summed E-state index contributed by atoms with van der Waals surface area (Å²) in [6.45, 7) is 1.10. The fourth-order valence-electron chi connectivity index (χ4n) is 3.43. The van der Waals surface area contributed by atoms with Gasteiger partial charge in [-0.3, -0.25) is 4.79 Å². The van der Waals surface area contributed by atoms with Crippen molar-refractivity contribution in [3.8, 4) is 0 Å². The van der Waals surface area contributed by atoms with E-state index in [9.17, 15) is 4.79 Å². The Labute approximate surface area is 156 Å². The number of benzene rings is 2. The van der Waals surface area contributed by atoms with Gasteiger partial charge in [-0.25, -0.2) is 4.98 Å². The van der Waals surface area contributed by atoms with Crippen molar-refractivity contribution < 1.29 is 9.53 Å². The van der Waals surface area contributed by atoms with Gasteiger partial charge in [0.25, 0.3) is 0 Å². The molecule has 1 aliphatic heterocycles. The number of carbonyl (C=O) groups is 1. The maximum Gasteiger partial charge on any atom is 0.249 e. The van der Waals surface area contributed by atoms with Crippen LogP contribution in [0.1, 0.15) is 30.3 Å². The summed E-state index contributed by atoms with van der Waals surface area (Å²) in [5, 5.41) is 0.654. The second-order valence-electron chi connectivity index (χ2n) is 6.47. The number of aromatic amines is 1. The van der Waals surface area contributed by atoms with Crippen LogP contribution in [-0.2, 0) is 16.1 Å². The molecule has 0 bridgehead atoms. The van der Waals surface area contributed by atoms with E-state index >= 15 is 0 Å². The van der Waals surface area contributed by atoms with Gasteiger partial charge in [0, 0.05) is 11.6 Å². The Hall–Kier alpha value is -2.37. The maximum absolute atomic E-state index is 12.6. The highest BCUT2D eigenvalue weighted by atomic mass is 35.5. The molecule has 1 N–H and O–H groups in total. The SMILES string of the molecule is O=C(COCc1ccccc1Cl)N1CCCC1c1nc2ccccc2[nH]1. The minimum atomic E-state index is -0.0150. The molecule has 1 saturated heterocycles. The van der Waals surface area contributed by atoms with Gasteiger partial charge in [-0.15, -0.1) is 0 Å². The molecule has 1 atom stereocenters. The summed E-state index contributed by atoms with van der Waals surface area (Å²) in [6.07, 6.45) is 1.88. The smallest absolute Gasteiger partial charge is 0.249 e. The molecule has 4 rings (SSSR count). The largest absolute Gasteiger partial charge is 0.367 e. The lowest BCUT2D eigenvalue weighted by molar-refractivity contribution is -0.137. The van der Waals surface area contributed by atoms with Crippen molar-refractivity contribution in [3.05, 3.63) is 64.9 Å². The molecule has 5 nitrogen and oxygen atoms in total. The van der Waals surface area contributed by atoms with Crippen LogP contribution in [0.2, 0.25) is 5.02 Å². The Kier molecular flexibility index (Phi) is 4.91. The van der Waals surface area contributed by atoms with Gasteiger partial charge in [0.15, 0.2) is 0 Å². The van der Waals surface area contributed by atoms with Crippen LogP contribution in [0.15, 0.2) is 48.5 Å². The van der Waals surface area contributed by atoms with E-state index in [2.05, 4.69) is 9.97 Å². The maximum atomic E-state index is 12.6. The first-order valence-corrected chi connectivity index (χ1v) is 9.15. The molecular weight excluding hydrogens is 350 g/mol. The predicted octanol–water partition coefficient (Wildman–Crippen LogP) is 4.10. The van der Waals surface area contributed by atoms with E-state index in [1.807, 2.05) is 53.4 Å². The monoisotopic (exact) mass is 369 g/mol. The fourth-order valence-corrected chi connectivity index (χ4v) is 3.62. The number of rotatable bonds is 5. The second kappa shape index (κ2) is 7.48. The minimum Gasteiger partial charge on any atom is -0.367 e. The number of ether oxygens (including phenoxy) is 1. The van der Waals surface area contributed by atoms with Gasteiger partial charge in [-0.2, -0.15) is 0 Å². The number of halogens is 1. The van der Waals surface area contributed by atoms with E-state index in [1.54, 1.807) is 0 Å². The van der Waals surface area contributed by atoms with E-state index in [0.29, 0.717) is 11.6 Å². The van der Waals surface area contributed by atoms with Gasteiger partial charge in [-0.1, -0.05) is 41.9 Å². The van der Waals surface area contributed by atoms with E-state index in [1.165, 1.54) is 0 Å². The first kappa shape index (κ1) is 17.1. The van der Waals surface area contributed by atoms with Crippen molar-refractivity contribution >= 4 is 28.5 Å². The molecule has 2 heterocycles. The molecule has 134 valence electrons. The Morgan fingerprint density at radius 3 is 2.88 bits per heavy atom. The van der Waals surface area contributed by atoms with E-state index < -0.39 is 0 Å². The van der Waals surface area contributed by atoms with Crippen molar-refractivity contribution in [2.75, 3.05) is 13.2 Å². The third kappa shape index (κ3) is 3.45. The van der Waals surface area contributed by atoms with Crippen LogP contribution >= 0.6 is 11.6 Å². The number of hydrogen-bond donors (Lipinski definition) is 1. The molecule has 2 aromatic carbocycles. The third-order valence-electron chi connectivity index (χ3n) is 4.74. The average molecular weight is 370 g/mol. The molecular formula is C20H20ClN3O2. The summed E-state index contributed by atoms with van der Waals surface area (Å²) in [7, 11) is 0. The molecule has 1 amide bonds. The summed E-state index contributed by atoms with van der Waals surface area (Å²) in [5.74, 6) is 0.836. The molecule has 1 aromatic heterocycles. The van der Waals surface area contributed by atoms with Crippen LogP contribution in [0.3, 0.4) is 0 Å². The molecule has 1 unspecified atom stereocenters. The van der Waals surface area contributed by atoms with Crippen molar-refractivity contribution in [1.82, 2.24) is 14.9 Å². The molecule has 26 heavy (non-hydrogen) atoms. The minimum absolute atomic E-state index is 0.0139. The number of likely N-dealkylation sites (tertiary alicyclic amines) is 1. The van der Waals surface area contributed by atoms with Gasteiger partial charge in [0.05, 0.1) is 23.7 Å². The van der Waals surface area contributed by atoms with Gasteiger partial charge >= 0.3 is 0 Å². The third-order valence-corrected chi connectivity index (χ3v) is 5.11. The van der Waals surface area contributed by atoms with Crippen LogP contribution in [0, 0.1) is 0 Å². The first-order valence-electron chi connectivity index (χ1n) is 8.77. The zero-order valence-electron chi connectivity index (χ0n) is 14.3. The molecule has 0 aliphatic carbocycles. The predicted molar refractivity (Wildman–Crippen MR) is 101 cm³/mol. The number of fused-ring (bicyclic) bond motifs is 1. The average Bonchev–Trinajstić information content (AvgIpc) is 3.29. The highest BCUT2D eigenvalue weighted by molar-refractivity contribution is 6.31. The summed E-state index contributed by atoms with van der Waals surface area (Å²) >= 11 is 6.12. The van der Waals surface area contributed by atoms with Crippen LogP contribution in [-0.4, -0.2) is 33.9 Å². The second-order valence-corrected chi connectivity index (χ2v) is 6.88. The lowest BCUT2D eigenvalue weighted by atomic mass is 10.2. The molecule has 6 heteroatoms. The highest BCUT2D eigenvalue weighted by Crippen LogP contribution is 2.31. The number of hydrogen-bond acceptors (Lipinski definition) is 3. The van der Waals surface area contributed by atoms with Gasteiger partial charge in [0.2, 0.25) is 5.91 Å². The van der Waals surface area contributed by atoms with Crippen LogP contribution in [0.25, 0.3) is 11.0 Å². The Morgan fingerprint density at radius 1 is 1.23 bits per heavy atom. The molecule has 3 aromatic rings. The number of imidazole rings is 1. The molecule has 1 fully saturated rings. The number of nitrogens with zero attached hydrogens (tertiary/aromatic N) is 2. The summed E-state index contributed by atoms with van der Waals surface area (Å²) in [4.78, 5) is 22.5. The number of para-hydroxylation sites is 2. The lowest BCUT2D eigenvalue weighted by Gasteiger charge is -2.23. The molecule has 0 saturated carbocycles. The van der Waals surface area contributed by atoms with Gasteiger partial charge < -0.3 is 14.6 Å². The number of carbonyl (C=O) groups excluding carboxylic acids is 1. The van der Waals surface area contributed by atoms with Crippen molar-refractivity contribution in [2.24, 2.45) is 0 Å². The molecule has 0 radical (unpaired) electrons. The van der Waals surface area contributed by atoms with E-state index in [-0.39, 0.29) is 18.6 Å². The van der Waals surface area contributed by atoms with Crippen molar-refractivity contribution in [1.29, 1.82) is 0 Å². The number of aromatic nitrogens is 2. The quantitative estimate of drug-likeness (QED) is 0.736. The highest BCUT2D eigenvalue weighted by Gasteiger charge is 2.32. The fraction of sp³-hybridized carbons (Fsp3) is 0.300. The molecule has 0 spiro atoms. The zero-order valence-corrected chi connectivity index (χ0v) is 15.1. The summed E-state index contributed by atoms with van der Waals surface area (Å²) in [5.41, 5.74) is 2.81. The Bertz CT molecular complexity index is 891. The molecule has 1 aliphatic rings. The lowest BCUT2D eigenvalue weighted by Crippen LogP contribution is -2.34. The van der Waals surface area contributed by atoms with Gasteiger partial charge in [-0.05, 0) is 36.6 Å². The summed E-state index contributed by atoms with van der Waals surface area (Å²) in [6, 6.07) is 15.4. The summed E-state index contributed by atoms with van der Waals surface area (Å²) < 4.78 is 5.61.